The van der Waals surface area contributed by atoms with Crippen LogP contribution >= 0.6 is 11.6 Å². The summed E-state index contributed by atoms with van der Waals surface area (Å²) in [7, 11) is 0. The first-order chi connectivity index (χ1) is 7.69. The van der Waals surface area contributed by atoms with E-state index in [1.165, 1.54) is 0 Å². The van der Waals surface area contributed by atoms with Gasteiger partial charge in [-0.25, -0.2) is 4.79 Å². The van der Waals surface area contributed by atoms with E-state index in [-0.39, 0.29) is 24.5 Å². The second kappa shape index (κ2) is 6.58. The Hall–Kier alpha value is -0.970. The molecule has 92 valence electrons. The molecule has 1 N–H and O–H groups in total. The average Bonchev–Trinajstić information content (AvgIpc) is 2.66. The van der Waals surface area contributed by atoms with Crippen LogP contribution < -0.4 is 5.32 Å². The predicted molar refractivity (Wildman–Crippen MR) is 58.3 cm³/mol. The molecule has 0 spiro atoms. The third kappa shape index (κ3) is 3.56. The van der Waals surface area contributed by atoms with Gasteiger partial charge in [-0.15, -0.1) is 11.6 Å². The Labute approximate surface area is 99.4 Å². The molecule has 0 aromatic carbocycles. The van der Waals surface area contributed by atoms with Gasteiger partial charge in [-0.3, -0.25) is 4.79 Å². The summed E-state index contributed by atoms with van der Waals surface area (Å²) in [5.41, 5.74) is 0. The number of alkyl halides is 1. The molecule has 0 radical (unpaired) electrons. The molecule has 1 heterocycles. The molecule has 0 unspecified atom stereocenters. The van der Waals surface area contributed by atoms with Gasteiger partial charge in [-0.2, -0.15) is 0 Å². The fourth-order valence-corrected chi connectivity index (χ4v) is 1.80. The predicted octanol–water partition coefficient (Wildman–Crippen LogP) is 1.29. The van der Waals surface area contributed by atoms with Gasteiger partial charge >= 0.3 is 12.1 Å². The van der Waals surface area contributed by atoms with Crippen LogP contribution in [0.3, 0.4) is 0 Å². The molecule has 0 aromatic heterocycles. The van der Waals surface area contributed by atoms with Crippen LogP contribution in [-0.2, 0) is 14.3 Å². The molecular formula is C10H16ClNO4. The highest BCUT2D eigenvalue weighted by Gasteiger charge is 2.35. The summed E-state index contributed by atoms with van der Waals surface area (Å²) in [6.07, 6.45) is 0.818. The molecule has 6 heteroatoms. The van der Waals surface area contributed by atoms with Crippen molar-refractivity contribution >= 4 is 23.7 Å². The van der Waals surface area contributed by atoms with Crippen molar-refractivity contribution in [1.82, 2.24) is 5.32 Å². The lowest BCUT2D eigenvalue weighted by Crippen LogP contribution is -2.39. The van der Waals surface area contributed by atoms with E-state index in [1.807, 2.05) is 0 Å². The SMILES string of the molecule is CCOC(=O)[C@H](CCCCl)[C@H]1COC(=O)N1. The number of alkyl carbamates (subject to hydrolysis) is 1. The largest absolute Gasteiger partial charge is 0.466 e. The summed E-state index contributed by atoms with van der Waals surface area (Å²) in [6.45, 7) is 2.29. The Kier molecular flexibility index (Phi) is 5.38. The molecule has 1 amide bonds. The van der Waals surface area contributed by atoms with Gasteiger partial charge in [0.2, 0.25) is 0 Å². The van der Waals surface area contributed by atoms with Crippen LogP contribution in [0.1, 0.15) is 19.8 Å². The van der Waals surface area contributed by atoms with E-state index >= 15 is 0 Å². The number of esters is 1. The Morgan fingerprint density at radius 2 is 2.50 bits per heavy atom. The molecule has 0 aliphatic carbocycles. The van der Waals surface area contributed by atoms with Gasteiger partial charge in [0.25, 0.3) is 0 Å². The lowest BCUT2D eigenvalue weighted by atomic mass is 9.96. The van der Waals surface area contributed by atoms with Crippen LogP contribution in [0.25, 0.3) is 0 Å². The molecule has 1 aliphatic rings. The number of carbonyl (C=O) groups is 2. The summed E-state index contributed by atoms with van der Waals surface area (Å²) in [5, 5.41) is 2.60. The number of halogens is 1. The van der Waals surface area contributed by atoms with Crippen LogP contribution in [0.5, 0.6) is 0 Å². The standard InChI is InChI=1S/C10H16ClNO4/c1-2-15-9(13)7(4-3-5-11)8-6-16-10(14)12-8/h7-8H,2-6H2,1H3,(H,12,14)/t7-,8-/m1/s1. The van der Waals surface area contributed by atoms with Crippen molar-refractivity contribution in [3.8, 4) is 0 Å². The molecule has 0 aromatic rings. The maximum Gasteiger partial charge on any atom is 0.407 e. The number of rotatable bonds is 6. The zero-order valence-electron chi connectivity index (χ0n) is 9.20. The Bertz CT molecular complexity index is 259. The molecule has 16 heavy (non-hydrogen) atoms. The van der Waals surface area contributed by atoms with Crippen molar-refractivity contribution in [1.29, 1.82) is 0 Å². The molecule has 0 bridgehead atoms. The van der Waals surface area contributed by atoms with Gasteiger partial charge < -0.3 is 14.8 Å². The van der Waals surface area contributed by atoms with E-state index in [1.54, 1.807) is 6.92 Å². The topological polar surface area (TPSA) is 64.6 Å². The Morgan fingerprint density at radius 3 is 3.00 bits per heavy atom. The summed E-state index contributed by atoms with van der Waals surface area (Å²) >= 11 is 5.59. The normalized spacial score (nSPS) is 21.1. The van der Waals surface area contributed by atoms with Crippen molar-refractivity contribution < 1.29 is 19.1 Å². The maximum absolute atomic E-state index is 11.7. The molecule has 1 fully saturated rings. The van der Waals surface area contributed by atoms with E-state index in [9.17, 15) is 9.59 Å². The van der Waals surface area contributed by atoms with Crippen molar-refractivity contribution in [2.45, 2.75) is 25.8 Å². The average molecular weight is 250 g/mol. The first-order valence-electron chi connectivity index (χ1n) is 5.35. The number of carbonyl (C=O) groups excluding carboxylic acids is 2. The molecule has 5 nitrogen and oxygen atoms in total. The van der Waals surface area contributed by atoms with Crippen LogP contribution in [0.4, 0.5) is 4.79 Å². The maximum atomic E-state index is 11.7. The number of hydrogen-bond acceptors (Lipinski definition) is 4. The molecule has 1 aliphatic heterocycles. The summed E-state index contributed by atoms with van der Waals surface area (Å²) in [6, 6.07) is -0.297. The fraction of sp³-hybridized carbons (Fsp3) is 0.800. The number of ether oxygens (including phenoxy) is 2. The van der Waals surface area contributed by atoms with E-state index < -0.39 is 6.09 Å². The second-order valence-corrected chi connectivity index (χ2v) is 3.92. The monoisotopic (exact) mass is 249 g/mol. The number of nitrogens with one attached hydrogen (secondary N) is 1. The second-order valence-electron chi connectivity index (χ2n) is 3.54. The van der Waals surface area contributed by atoms with Crippen LogP contribution in [0.15, 0.2) is 0 Å². The lowest BCUT2D eigenvalue weighted by molar-refractivity contribution is -0.149. The van der Waals surface area contributed by atoms with Crippen LogP contribution in [0, 0.1) is 5.92 Å². The highest BCUT2D eigenvalue weighted by molar-refractivity contribution is 6.17. The van der Waals surface area contributed by atoms with Crippen molar-refractivity contribution in [3.63, 3.8) is 0 Å². The van der Waals surface area contributed by atoms with Gasteiger partial charge in [-0.05, 0) is 19.8 Å². The van der Waals surface area contributed by atoms with Crippen molar-refractivity contribution in [2.24, 2.45) is 5.92 Å². The summed E-state index contributed by atoms with van der Waals surface area (Å²) in [5.74, 6) is -0.189. The number of hydrogen-bond donors (Lipinski definition) is 1. The first-order valence-corrected chi connectivity index (χ1v) is 5.88. The van der Waals surface area contributed by atoms with E-state index in [4.69, 9.17) is 21.1 Å². The van der Waals surface area contributed by atoms with Crippen molar-refractivity contribution in [2.75, 3.05) is 19.1 Å². The van der Waals surface area contributed by atoms with Gasteiger partial charge in [0.1, 0.15) is 6.61 Å². The van der Waals surface area contributed by atoms with Gasteiger partial charge in [0.05, 0.1) is 18.6 Å². The zero-order valence-corrected chi connectivity index (χ0v) is 9.96. The first kappa shape index (κ1) is 13.1. The smallest absolute Gasteiger partial charge is 0.407 e. The molecule has 2 atom stereocenters. The summed E-state index contributed by atoms with van der Waals surface area (Å²) in [4.78, 5) is 22.6. The fourth-order valence-electron chi connectivity index (χ4n) is 1.65. The minimum Gasteiger partial charge on any atom is -0.466 e. The van der Waals surface area contributed by atoms with E-state index in [2.05, 4.69) is 5.32 Å². The van der Waals surface area contributed by atoms with Gasteiger partial charge in [-0.1, -0.05) is 0 Å². The Morgan fingerprint density at radius 1 is 1.75 bits per heavy atom. The minimum atomic E-state index is -0.481. The zero-order chi connectivity index (χ0) is 12.0. The quantitative estimate of drug-likeness (QED) is 0.569. The van der Waals surface area contributed by atoms with E-state index in [0.717, 1.165) is 0 Å². The van der Waals surface area contributed by atoms with Crippen LogP contribution in [-0.4, -0.2) is 37.2 Å². The minimum absolute atomic E-state index is 0.213. The van der Waals surface area contributed by atoms with Gasteiger partial charge in [0, 0.05) is 5.88 Å². The molecule has 0 saturated carbocycles. The van der Waals surface area contributed by atoms with Crippen molar-refractivity contribution in [3.05, 3.63) is 0 Å². The third-order valence-electron chi connectivity index (χ3n) is 2.42. The highest BCUT2D eigenvalue weighted by Crippen LogP contribution is 2.18. The number of amides is 1. The highest BCUT2D eigenvalue weighted by atomic mass is 35.5. The third-order valence-corrected chi connectivity index (χ3v) is 2.69. The molecule has 1 saturated heterocycles. The Balaban J connectivity index is 2.55. The van der Waals surface area contributed by atoms with Crippen LogP contribution in [0.2, 0.25) is 0 Å². The number of cyclic esters (lactones) is 1. The molecule has 1 rings (SSSR count). The van der Waals surface area contributed by atoms with E-state index in [0.29, 0.717) is 25.3 Å². The molecular weight excluding hydrogens is 234 g/mol. The van der Waals surface area contributed by atoms with Gasteiger partial charge in [0.15, 0.2) is 0 Å². The lowest BCUT2D eigenvalue weighted by Gasteiger charge is -2.19. The summed E-state index contributed by atoms with van der Waals surface area (Å²) < 4.78 is 9.72.